The van der Waals surface area contributed by atoms with Gasteiger partial charge < -0.3 is 20.1 Å². The summed E-state index contributed by atoms with van der Waals surface area (Å²) in [6.07, 6.45) is -0.0773. The van der Waals surface area contributed by atoms with Crippen LogP contribution in [0.25, 0.3) is 0 Å². The lowest BCUT2D eigenvalue weighted by Gasteiger charge is -2.52. The molecular formula is C22H23N3O5. The smallest absolute Gasteiger partial charge is 0.407 e. The van der Waals surface area contributed by atoms with Gasteiger partial charge in [-0.1, -0.05) is 42.5 Å². The minimum absolute atomic E-state index is 0.166. The van der Waals surface area contributed by atoms with E-state index < -0.39 is 23.2 Å². The third kappa shape index (κ3) is 3.24. The number of rotatable bonds is 5. The largest absolute Gasteiger partial charge is 0.497 e. The highest BCUT2D eigenvalue weighted by Crippen LogP contribution is 2.51. The highest BCUT2D eigenvalue weighted by Gasteiger charge is 2.66. The van der Waals surface area contributed by atoms with Gasteiger partial charge in [-0.2, -0.15) is 0 Å². The Kier molecular flexibility index (Phi) is 4.85. The van der Waals surface area contributed by atoms with Crippen LogP contribution in [0, 0.1) is 0 Å². The molecule has 0 bridgehead atoms. The highest BCUT2D eigenvalue weighted by molar-refractivity contribution is 6.08. The number of benzene rings is 2. The lowest BCUT2D eigenvalue weighted by atomic mass is 9.59. The molecule has 8 nitrogen and oxygen atoms in total. The molecule has 8 heteroatoms. The third-order valence-corrected chi connectivity index (χ3v) is 5.81. The van der Waals surface area contributed by atoms with Crippen molar-refractivity contribution in [2.75, 3.05) is 14.2 Å². The molecule has 1 saturated carbocycles. The van der Waals surface area contributed by atoms with E-state index >= 15 is 0 Å². The number of urea groups is 1. The number of carbonyl (C=O) groups excluding carboxylic acids is 3. The number of nitrogens with zero attached hydrogens (tertiary/aromatic N) is 1. The monoisotopic (exact) mass is 409 g/mol. The minimum atomic E-state index is -1.04. The van der Waals surface area contributed by atoms with E-state index in [4.69, 9.17) is 9.47 Å². The van der Waals surface area contributed by atoms with Gasteiger partial charge in [0.2, 0.25) is 0 Å². The van der Waals surface area contributed by atoms with Crippen LogP contribution in [0.5, 0.6) is 5.75 Å². The van der Waals surface area contributed by atoms with Gasteiger partial charge in [-0.15, -0.1) is 0 Å². The molecule has 30 heavy (non-hydrogen) atoms. The van der Waals surface area contributed by atoms with Gasteiger partial charge in [0.05, 0.1) is 26.3 Å². The first-order valence-electron chi connectivity index (χ1n) is 9.60. The maximum absolute atomic E-state index is 13.2. The van der Waals surface area contributed by atoms with Crippen molar-refractivity contribution < 1.29 is 23.9 Å². The van der Waals surface area contributed by atoms with Crippen LogP contribution in [0.2, 0.25) is 0 Å². The minimum Gasteiger partial charge on any atom is -0.497 e. The fourth-order valence-electron chi connectivity index (χ4n) is 4.32. The van der Waals surface area contributed by atoms with E-state index in [1.165, 1.54) is 12.0 Å². The molecule has 4 amide bonds. The number of nitrogens with one attached hydrogen (secondary N) is 2. The zero-order valence-corrected chi connectivity index (χ0v) is 16.8. The van der Waals surface area contributed by atoms with Crippen LogP contribution in [0.15, 0.2) is 54.6 Å². The number of alkyl carbamates (subject to hydrolysis) is 1. The Morgan fingerprint density at radius 2 is 1.73 bits per heavy atom. The van der Waals surface area contributed by atoms with Crippen LogP contribution in [-0.2, 0) is 21.6 Å². The van der Waals surface area contributed by atoms with Gasteiger partial charge in [-0.05, 0) is 23.3 Å². The molecule has 156 valence electrons. The molecule has 1 aliphatic carbocycles. The van der Waals surface area contributed by atoms with Crippen LogP contribution in [-0.4, -0.2) is 42.7 Å². The standard InChI is InChI=1S/C22H23N3O5/c1-29-17-10-8-15(9-11-17)12-25-18(26)22(23-19(25)27)13-21(14-22,24-20(28)30-2)16-6-4-3-5-7-16/h3-11H,12-14H2,1-2H3,(H,23,27)(H,24,28). The number of carbonyl (C=O) groups is 3. The average Bonchev–Trinajstić information content (AvgIpc) is 2.98. The fraction of sp³-hybridized carbons (Fsp3) is 0.318. The molecule has 1 heterocycles. The Morgan fingerprint density at radius 1 is 1.07 bits per heavy atom. The molecule has 1 aliphatic heterocycles. The SMILES string of the molecule is COC(=O)NC1(c2ccccc2)CC2(C1)NC(=O)N(Cc1ccc(OC)cc1)C2=O. The van der Waals surface area contributed by atoms with Gasteiger partial charge in [-0.3, -0.25) is 9.69 Å². The summed E-state index contributed by atoms with van der Waals surface area (Å²) >= 11 is 0. The van der Waals surface area contributed by atoms with Crippen molar-refractivity contribution >= 4 is 18.0 Å². The molecule has 2 N–H and O–H groups in total. The van der Waals surface area contributed by atoms with Crippen molar-refractivity contribution in [3.8, 4) is 5.75 Å². The Hall–Kier alpha value is -3.55. The second-order valence-corrected chi connectivity index (χ2v) is 7.67. The molecule has 0 unspecified atom stereocenters. The van der Waals surface area contributed by atoms with Crippen molar-refractivity contribution in [1.82, 2.24) is 15.5 Å². The predicted octanol–water partition coefficient (Wildman–Crippen LogP) is 2.53. The molecule has 0 radical (unpaired) electrons. The van der Waals surface area contributed by atoms with Gasteiger partial charge >= 0.3 is 12.1 Å². The van der Waals surface area contributed by atoms with Crippen molar-refractivity contribution in [2.45, 2.75) is 30.5 Å². The van der Waals surface area contributed by atoms with E-state index in [1.54, 1.807) is 19.2 Å². The van der Waals surface area contributed by atoms with Gasteiger partial charge in [0, 0.05) is 12.8 Å². The molecule has 0 atom stereocenters. The topological polar surface area (TPSA) is 97.0 Å². The quantitative estimate of drug-likeness (QED) is 0.740. The second kappa shape index (κ2) is 7.37. The number of imide groups is 1. The van der Waals surface area contributed by atoms with Crippen LogP contribution in [0.4, 0.5) is 9.59 Å². The summed E-state index contributed by atoms with van der Waals surface area (Å²) in [5.41, 5.74) is -0.150. The van der Waals surface area contributed by atoms with E-state index in [0.29, 0.717) is 5.75 Å². The number of hydrogen-bond donors (Lipinski definition) is 2. The highest BCUT2D eigenvalue weighted by atomic mass is 16.5. The summed E-state index contributed by atoms with van der Waals surface area (Å²) < 4.78 is 9.92. The van der Waals surface area contributed by atoms with Gasteiger partial charge in [0.1, 0.15) is 11.3 Å². The zero-order valence-electron chi connectivity index (χ0n) is 16.8. The summed E-state index contributed by atoms with van der Waals surface area (Å²) in [6.45, 7) is 0.166. The number of hydrogen-bond acceptors (Lipinski definition) is 5. The van der Waals surface area contributed by atoms with Crippen molar-refractivity contribution in [1.29, 1.82) is 0 Å². The predicted molar refractivity (Wildman–Crippen MR) is 108 cm³/mol. The Balaban J connectivity index is 1.54. The lowest BCUT2D eigenvalue weighted by molar-refractivity contribution is -0.138. The van der Waals surface area contributed by atoms with E-state index in [-0.39, 0.29) is 25.3 Å². The maximum atomic E-state index is 13.2. The van der Waals surface area contributed by atoms with E-state index in [1.807, 2.05) is 42.5 Å². The normalized spacial score (nSPS) is 24.9. The summed E-state index contributed by atoms with van der Waals surface area (Å²) in [4.78, 5) is 39.0. The molecular weight excluding hydrogens is 386 g/mol. The Bertz CT molecular complexity index is 968. The van der Waals surface area contributed by atoms with E-state index in [2.05, 4.69) is 10.6 Å². The number of methoxy groups -OCH3 is 2. The maximum Gasteiger partial charge on any atom is 0.407 e. The first kappa shape index (κ1) is 19.8. The lowest BCUT2D eigenvalue weighted by Crippen LogP contribution is -2.69. The summed E-state index contributed by atoms with van der Waals surface area (Å²) in [5, 5.41) is 5.71. The number of amides is 4. The van der Waals surface area contributed by atoms with Crippen molar-refractivity contribution in [2.24, 2.45) is 0 Å². The van der Waals surface area contributed by atoms with Crippen LogP contribution in [0.3, 0.4) is 0 Å². The van der Waals surface area contributed by atoms with Crippen LogP contribution >= 0.6 is 0 Å². The number of ether oxygens (including phenoxy) is 2. The Morgan fingerprint density at radius 3 is 2.33 bits per heavy atom. The molecule has 1 saturated heterocycles. The third-order valence-electron chi connectivity index (χ3n) is 5.81. The summed E-state index contributed by atoms with van der Waals surface area (Å²) in [6, 6.07) is 16.2. The Labute approximate surface area is 174 Å². The molecule has 2 fully saturated rings. The van der Waals surface area contributed by atoms with Crippen molar-refractivity contribution in [3.63, 3.8) is 0 Å². The van der Waals surface area contributed by atoms with Gasteiger partial charge in [0.15, 0.2) is 0 Å². The first-order valence-corrected chi connectivity index (χ1v) is 9.60. The van der Waals surface area contributed by atoms with Crippen LogP contribution < -0.4 is 15.4 Å². The molecule has 2 aromatic rings. The summed E-state index contributed by atoms with van der Waals surface area (Å²) in [7, 11) is 2.87. The van der Waals surface area contributed by atoms with Gasteiger partial charge in [-0.25, -0.2) is 9.59 Å². The zero-order chi connectivity index (χ0) is 21.4. The van der Waals surface area contributed by atoms with Crippen molar-refractivity contribution in [3.05, 3.63) is 65.7 Å². The second-order valence-electron chi connectivity index (χ2n) is 7.67. The van der Waals surface area contributed by atoms with E-state index in [0.717, 1.165) is 11.1 Å². The average molecular weight is 409 g/mol. The van der Waals surface area contributed by atoms with E-state index in [9.17, 15) is 14.4 Å². The van der Waals surface area contributed by atoms with Gasteiger partial charge in [0.25, 0.3) is 5.91 Å². The molecule has 0 aromatic heterocycles. The molecule has 4 rings (SSSR count). The molecule has 1 spiro atoms. The fourth-order valence-corrected chi connectivity index (χ4v) is 4.32. The summed E-state index contributed by atoms with van der Waals surface area (Å²) in [5.74, 6) is 0.412. The molecule has 2 aromatic carbocycles. The molecule has 2 aliphatic rings. The van der Waals surface area contributed by atoms with Crippen LogP contribution in [0.1, 0.15) is 24.0 Å². The first-order chi connectivity index (χ1) is 14.4.